The maximum Gasteiger partial charge on any atom is 0.354 e. The van der Waals surface area contributed by atoms with Crippen LogP contribution in [0.2, 0.25) is 0 Å². The van der Waals surface area contributed by atoms with Gasteiger partial charge in [0, 0.05) is 0 Å². The summed E-state index contributed by atoms with van der Waals surface area (Å²) in [6.07, 6.45) is 0.825. The predicted octanol–water partition coefficient (Wildman–Crippen LogP) is 1.81. The van der Waals surface area contributed by atoms with Crippen molar-refractivity contribution in [3.63, 3.8) is 0 Å². The maximum atomic E-state index is 11.2. The summed E-state index contributed by atoms with van der Waals surface area (Å²) in [5, 5.41) is 0. The molecular formula is C7H10BrNO2S. The van der Waals surface area contributed by atoms with Crippen molar-refractivity contribution in [3.05, 3.63) is 0 Å². The van der Waals surface area contributed by atoms with Crippen molar-refractivity contribution < 1.29 is 9.53 Å². The van der Waals surface area contributed by atoms with Gasteiger partial charge in [-0.3, -0.25) is 4.99 Å². The summed E-state index contributed by atoms with van der Waals surface area (Å²) in [6.45, 7) is 2.01. The molecule has 0 saturated carbocycles. The second kappa shape index (κ2) is 3.79. The second-order valence-electron chi connectivity index (χ2n) is 2.35. The Kier molecular flexibility index (Phi) is 3.17. The highest BCUT2D eigenvalue weighted by molar-refractivity contribution is 9.12. The quantitative estimate of drug-likeness (QED) is 0.555. The van der Waals surface area contributed by atoms with Gasteiger partial charge in [-0.25, -0.2) is 4.79 Å². The molecule has 0 aromatic rings. The number of thioether (sulfide) groups is 1. The Hall–Kier alpha value is -0.0300. The zero-order valence-corrected chi connectivity index (χ0v) is 9.37. The summed E-state index contributed by atoms with van der Waals surface area (Å²) in [5.41, 5.74) is 0.498. The van der Waals surface area contributed by atoms with E-state index in [2.05, 4.69) is 25.7 Å². The average Bonchev–Trinajstić information content (AvgIpc) is 2.47. The number of nitrogens with zero attached hydrogens (tertiary/aromatic N) is 1. The monoisotopic (exact) mass is 251 g/mol. The molecule has 1 unspecified atom stereocenters. The molecule has 1 aliphatic heterocycles. The second-order valence-corrected chi connectivity index (χ2v) is 5.48. The van der Waals surface area contributed by atoms with Crippen molar-refractivity contribution in [2.24, 2.45) is 4.99 Å². The Labute approximate surface area is 84.1 Å². The van der Waals surface area contributed by atoms with E-state index in [0.29, 0.717) is 11.6 Å². The van der Waals surface area contributed by atoms with E-state index in [9.17, 15) is 4.79 Å². The van der Waals surface area contributed by atoms with Crippen LogP contribution in [0.4, 0.5) is 0 Å². The van der Waals surface area contributed by atoms with Gasteiger partial charge in [-0.2, -0.15) is 0 Å². The third kappa shape index (κ3) is 1.66. The van der Waals surface area contributed by atoms with Crippen LogP contribution in [0.15, 0.2) is 4.99 Å². The SMILES string of the molecule is CCC1(Br)SCN=C1C(=O)OC. The lowest BCUT2D eigenvalue weighted by Crippen LogP contribution is -2.31. The summed E-state index contributed by atoms with van der Waals surface area (Å²) in [5.74, 6) is 0.294. The van der Waals surface area contributed by atoms with Crippen LogP contribution in [0.5, 0.6) is 0 Å². The Morgan fingerprint density at radius 3 is 3.08 bits per heavy atom. The Balaban J connectivity index is 2.82. The summed E-state index contributed by atoms with van der Waals surface area (Å²) in [6, 6.07) is 0. The molecule has 0 aliphatic carbocycles. The molecule has 0 N–H and O–H groups in total. The van der Waals surface area contributed by atoms with Gasteiger partial charge in [-0.05, 0) is 6.42 Å². The molecular weight excluding hydrogens is 242 g/mol. The molecule has 5 heteroatoms. The Morgan fingerprint density at radius 1 is 1.92 bits per heavy atom. The number of methoxy groups -OCH3 is 1. The molecule has 0 saturated heterocycles. The van der Waals surface area contributed by atoms with Crippen molar-refractivity contribution in [1.29, 1.82) is 0 Å². The lowest BCUT2D eigenvalue weighted by molar-refractivity contribution is -0.132. The molecule has 0 spiro atoms. The minimum atomic E-state index is -0.335. The molecule has 68 valence electrons. The van der Waals surface area contributed by atoms with E-state index < -0.39 is 0 Å². The number of alkyl halides is 1. The standard InChI is InChI=1S/C7H10BrNO2S/c1-3-7(8)5(6(10)11-2)9-4-12-7/h3-4H2,1-2H3. The van der Waals surface area contributed by atoms with Crippen LogP contribution in [0, 0.1) is 0 Å². The van der Waals surface area contributed by atoms with Crippen LogP contribution in [0.1, 0.15) is 13.3 Å². The minimum absolute atomic E-state index is 0.319. The molecule has 0 aromatic heterocycles. The third-order valence-electron chi connectivity index (χ3n) is 1.70. The van der Waals surface area contributed by atoms with Gasteiger partial charge >= 0.3 is 5.97 Å². The first-order valence-corrected chi connectivity index (χ1v) is 5.38. The van der Waals surface area contributed by atoms with Gasteiger partial charge < -0.3 is 4.74 Å². The first-order valence-electron chi connectivity index (χ1n) is 3.60. The summed E-state index contributed by atoms with van der Waals surface area (Å²) < 4.78 is 4.30. The van der Waals surface area contributed by atoms with Crippen molar-refractivity contribution >= 4 is 39.4 Å². The van der Waals surface area contributed by atoms with E-state index in [1.54, 1.807) is 11.8 Å². The van der Waals surface area contributed by atoms with E-state index >= 15 is 0 Å². The zero-order valence-electron chi connectivity index (χ0n) is 6.96. The molecule has 1 heterocycles. The Morgan fingerprint density at radius 2 is 2.58 bits per heavy atom. The molecule has 1 aliphatic rings. The summed E-state index contributed by atoms with van der Waals surface area (Å²) in [4.78, 5) is 15.3. The third-order valence-corrected chi connectivity index (χ3v) is 4.52. The van der Waals surface area contributed by atoms with Crippen molar-refractivity contribution in [3.8, 4) is 0 Å². The van der Waals surface area contributed by atoms with E-state index in [-0.39, 0.29) is 9.63 Å². The minimum Gasteiger partial charge on any atom is -0.464 e. The molecule has 0 fully saturated rings. The normalized spacial score (nSPS) is 28.4. The van der Waals surface area contributed by atoms with Gasteiger partial charge in [0.15, 0.2) is 0 Å². The number of carbonyl (C=O) groups excluding carboxylic acids is 1. The average molecular weight is 252 g/mol. The number of halogens is 1. The molecule has 1 rings (SSSR count). The predicted molar refractivity (Wildman–Crippen MR) is 53.9 cm³/mol. The fraction of sp³-hybridized carbons (Fsp3) is 0.714. The molecule has 1 atom stereocenters. The number of carbonyl (C=O) groups is 1. The number of aliphatic imine (C=N–C) groups is 1. The van der Waals surface area contributed by atoms with Gasteiger partial charge in [-0.15, -0.1) is 11.8 Å². The first kappa shape index (κ1) is 10.1. The molecule has 12 heavy (non-hydrogen) atoms. The fourth-order valence-corrected chi connectivity index (χ4v) is 2.45. The number of hydrogen-bond acceptors (Lipinski definition) is 4. The lowest BCUT2D eigenvalue weighted by atomic mass is 10.2. The van der Waals surface area contributed by atoms with Crippen molar-refractivity contribution in [1.82, 2.24) is 0 Å². The van der Waals surface area contributed by atoms with Crippen LogP contribution >= 0.6 is 27.7 Å². The molecule has 0 aromatic carbocycles. The number of rotatable bonds is 2. The summed E-state index contributed by atoms with van der Waals surface area (Å²) >= 11 is 5.09. The van der Waals surface area contributed by atoms with Gasteiger partial charge in [0.1, 0.15) is 9.37 Å². The van der Waals surface area contributed by atoms with Crippen LogP contribution in [-0.4, -0.2) is 28.3 Å². The Bertz CT molecular complexity index is 231. The fourth-order valence-electron chi connectivity index (χ4n) is 0.969. The highest BCUT2D eigenvalue weighted by atomic mass is 79.9. The number of ether oxygens (including phenoxy) is 1. The van der Waals surface area contributed by atoms with Crippen LogP contribution < -0.4 is 0 Å². The summed E-state index contributed by atoms with van der Waals surface area (Å²) in [7, 11) is 1.37. The van der Waals surface area contributed by atoms with Gasteiger partial charge in [0.05, 0.1) is 13.0 Å². The van der Waals surface area contributed by atoms with Crippen LogP contribution in [0.3, 0.4) is 0 Å². The highest BCUT2D eigenvalue weighted by Crippen LogP contribution is 2.41. The molecule has 0 radical (unpaired) electrons. The van der Waals surface area contributed by atoms with Crippen LogP contribution in [0.25, 0.3) is 0 Å². The largest absolute Gasteiger partial charge is 0.464 e. The molecule has 3 nitrogen and oxygen atoms in total. The lowest BCUT2D eigenvalue weighted by Gasteiger charge is -2.18. The van der Waals surface area contributed by atoms with Crippen molar-refractivity contribution in [2.45, 2.75) is 17.0 Å². The van der Waals surface area contributed by atoms with Crippen molar-refractivity contribution in [2.75, 3.05) is 13.0 Å². The van der Waals surface area contributed by atoms with Gasteiger partial charge in [0.2, 0.25) is 0 Å². The number of hydrogen-bond donors (Lipinski definition) is 0. The van der Waals surface area contributed by atoms with E-state index in [1.165, 1.54) is 7.11 Å². The van der Waals surface area contributed by atoms with E-state index in [4.69, 9.17) is 0 Å². The smallest absolute Gasteiger partial charge is 0.354 e. The maximum absolute atomic E-state index is 11.2. The van der Waals surface area contributed by atoms with E-state index in [0.717, 1.165) is 6.42 Å². The highest BCUT2D eigenvalue weighted by Gasteiger charge is 2.40. The number of esters is 1. The van der Waals surface area contributed by atoms with Crippen LogP contribution in [-0.2, 0) is 9.53 Å². The first-order chi connectivity index (χ1) is 5.64. The molecule has 0 bridgehead atoms. The van der Waals surface area contributed by atoms with Gasteiger partial charge in [-0.1, -0.05) is 22.9 Å². The molecule has 0 amide bonds. The topological polar surface area (TPSA) is 38.7 Å². The van der Waals surface area contributed by atoms with Gasteiger partial charge in [0.25, 0.3) is 0 Å². The zero-order chi connectivity index (χ0) is 9.19. The van der Waals surface area contributed by atoms with E-state index in [1.807, 2.05) is 6.92 Å².